The SMILES string of the molecule is O=C(O)COc1ccc(Oc2cnc3ccc(Cl)cc3n2)cc1. The van der Waals surface area contributed by atoms with E-state index < -0.39 is 12.6 Å². The summed E-state index contributed by atoms with van der Waals surface area (Å²) >= 11 is 5.94. The van der Waals surface area contributed by atoms with Crippen LogP contribution >= 0.6 is 11.6 Å². The highest BCUT2D eigenvalue weighted by molar-refractivity contribution is 6.31. The summed E-state index contributed by atoms with van der Waals surface area (Å²) in [5.74, 6) is 0.272. The first kappa shape index (κ1) is 15.1. The average Bonchev–Trinajstić information content (AvgIpc) is 2.54. The van der Waals surface area contributed by atoms with Gasteiger partial charge >= 0.3 is 5.97 Å². The summed E-state index contributed by atoms with van der Waals surface area (Å²) in [6.45, 7) is -0.392. The molecule has 0 saturated heterocycles. The van der Waals surface area contributed by atoms with Gasteiger partial charge in [0.1, 0.15) is 11.5 Å². The van der Waals surface area contributed by atoms with Gasteiger partial charge < -0.3 is 14.6 Å². The first-order valence-electron chi connectivity index (χ1n) is 6.65. The Bertz CT molecular complexity index is 852. The third-order valence-corrected chi connectivity index (χ3v) is 3.13. The molecule has 7 heteroatoms. The van der Waals surface area contributed by atoms with Crippen LogP contribution in [0.1, 0.15) is 0 Å². The van der Waals surface area contributed by atoms with Crippen molar-refractivity contribution in [1.29, 1.82) is 0 Å². The van der Waals surface area contributed by atoms with E-state index in [1.54, 1.807) is 42.5 Å². The molecule has 0 spiro atoms. The first-order chi connectivity index (χ1) is 11.1. The molecule has 1 aromatic heterocycles. The molecule has 0 unspecified atom stereocenters. The molecule has 0 fully saturated rings. The van der Waals surface area contributed by atoms with Gasteiger partial charge in [-0.2, -0.15) is 0 Å². The lowest BCUT2D eigenvalue weighted by Crippen LogP contribution is -2.09. The molecule has 3 aromatic rings. The van der Waals surface area contributed by atoms with Gasteiger partial charge in [0.15, 0.2) is 6.61 Å². The highest BCUT2D eigenvalue weighted by Gasteiger charge is 2.04. The number of nitrogens with zero attached hydrogens (tertiary/aromatic N) is 2. The minimum Gasteiger partial charge on any atom is -0.482 e. The normalized spacial score (nSPS) is 10.5. The zero-order chi connectivity index (χ0) is 16.2. The molecule has 0 saturated carbocycles. The van der Waals surface area contributed by atoms with Gasteiger partial charge in [0.05, 0.1) is 17.2 Å². The Labute approximate surface area is 136 Å². The summed E-state index contributed by atoms with van der Waals surface area (Å²) in [4.78, 5) is 19.0. The molecule has 1 N–H and O–H groups in total. The highest BCUT2D eigenvalue weighted by atomic mass is 35.5. The molecule has 23 heavy (non-hydrogen) atoms. The lowest BCUT2D eigenvalue weighted by atomic mass is 10.3. The summed E-state index contributed by atoms with van der Waals surface area (Å²) in [5.41, 5.74) is 1.36. The van der Waals surface area contributed by atoms with Gasteiger partial charge in [-0.25, -0.2) is 14.8 Å². The van der Waals surface area contributed by atoms with Crippen LogP contribution in [0.3, 0.4) is 0 Å². The van der Waals surface area contributed by atoms with E-state index in [0.29, 0.717) is 27.9 Å². The molecule has 1 heterocycles. The molecule has 0 bridgehead atoms. The molecule has 2 aromatic carbocycles. The molecule has 116 valence electrons. The van der Waals surface area contributed by atoms with Gasteiger partial charge in [0.25, 0.3) is 0 Å². The average molecular weight is 331 g/mol. The second-order valence-corrected chi connectivity index (χ2v) is 5.03. The first-order valence-corrected chi connectivity index (χ1v) is 7.03. The number of hydrogen-bond acceptors (Lipinski definition) is 5. The van der Waals surface area contributed by atoms with Crippen LogP contribution in [0.4, 0.5) is 0 Å². The maximum absolute atomic E-state index is 10.4. The van der Waals surface area contributed by atoms with Crippen molar-refractivity contribution in [3.8, 4) is 17.4 Å². The number of rotatable bonds is 5. The topological polar surface area (TPSA) is 81.5 Å². The molecule has 0 aliphatic carbocycles. The quantitative estimate of drug-likeness (QED) is 0.770. The third kappa shape index (κ3) is 3.87. The van der Waals surface area contributed by atoms with Crippen LogP contribution in [0.2, 0.25) is 5.02 Å². The number of benzene rings is 2. The van der Waals surface area contributed by atoms with Gasteiger partial charge in [-0.05, 0) is 42.5 Å². The predicted octanol–water partition coefficient (Wildman–Crippen LogP) is 3.54. The Hall–Kier alpha value is -2.86. The lowest BCUT2D eigenvalue weighted by molar-refractivity contribution is -0.139. The number of aliphatic carboxylic acids is 1. The van der Waals surface area contributed by atoms with Crippen LogP contribution in [-0.2, 0) is 4.79 Å². The molecular weight excluding hydrogens is 320 g/mol. The third-order valence-electron chi connectivity index (χ3n) is 2.89. The van der Waals surface area contributed by atoms with E-state index in [1.807, 2.05) is 0 Å². The Morgan fingerprint density at radius 1 is 1.09 bits per heavy atom. The smallest absolute Gasteiger partial charge is 0.341 e. The summed E-state index contributed by atoms with van der Waals surface area (Å²) in [7, 11) is 0. The van der Waals surface area contributed by atoms with Crippen molar-refractivity contribution in [2.75, 3.05) is 6.61 Å². The van der Waals surface area contributed by atoms with E-state index in [4.69, 9.17) is 26.2 Å². The Morgan fingerprint density at radius 2 is 1.83 bits per heavy atom. The number of halogens is 1. The van der Waals surface area contributed by atoms with E-state index in [-0.39, 0.29) is 0 Å². The zero-order valence-electron chi connectivity index (χ0n) is 11.8. The number of carbonyl (C=O) groups is 1. The summed E-state index contributed by atoms with van der Waals surface area (Å²) in [5, 5.41) is 9.13. The second-order valence-electron chi connectivity index (χ2n) is 4.60. The summed E-state index contributed by atoms with van der Waals surface area (Å²) in [6.07, 6.45) is 1.52. The largest absolute Gasteiger partial charge is 0.482 e. The van der Waals surface area contributed by atoms with Gasteiger partial charge in [0.2, 0.25) is 5.88 Å². The summed E-state index contributed by atoms with van der Waals surface area (Å²) < 4.78 is 10.7. The van der Waals surface area contributed by atoms with Crippen molar-refractivity contribution in [3.05, 3.63) is 53.7 Å². The fourth-order valence-electron chi connectivity index (χ4n) is 1.89. The number of fused-ring (bicyclic) bond motifs is 1. The van der Waals surface area contributed by atoms with Crippen molar-refractivity contribution in [2.24, 2.45) is 0 Å². The van der Waals surface area contributed by atoms with Crippen LogP contribution in [-0.4, -0.2) is 27.7 Å². The minimum atomic E-state index is -1.03. The van der Waals surface area contributed by atoms with Crippen LogP contribution < -0.4 is 9.47 Å². The maximum atomic E-state index is 10.4. The summed E-state index contributed by atoms with van der Waals surface area (Å²) in [6, 6.07) is 11.8. The predicted molar refractivity (Wildman–Crippen MR) is 84.2 cm³/mol. The van der Waals surface area contributed by atoms with Crippen molar-refractivity contribution in [2.45, 2.75) is 0 Å². The Kier molecular flexibility index (Phi) is 4.25. The van der Waals surface area contributed by atoms with Crippen LogP contribution in [0.15, 0.2) is 48.7 Å². The van der Waals surface area contributed by atoms with E-state index >= 15 is 0 Å². The fourth-order valence-corrected chi connectivity index (χ4v) is 2.05. The van der Waals surface area contributed by atoms with Gasteiger partial charge in [-0.15, -0.1) is 0 Å². The van der Waals surface area contributed by atoms with E-state index in [1.165, 1.54) is 6.20 Å². The monoisotopic (exact) mass is 330 g/mol. The molecule has 0 aliphatic heterocycles. The van der Waals surface area contributed by atoms with Gasteiger partial charge in [-0.3, -0.25) is 0 Å². The van der Waals surface area contributed by atoms with Gasteiger partial charge in [-0.1, -0.05) is 11.6 Å². The van der Waals surface area contributed by atoms with Crippen molar-refractivity contribution >= 4 is 28.6 Å². The number of aromatic nitrogens is 2. The molecule has 3 rings (SSSR count). The fraction of sp³-hybridized carbons (Fsp3) is 0.0625. The molecule has 0 radical (unpaired) electrons. The zero-order valence-corrected chi connectivity index (χ0v) is 12.5. The van der Waals surface area contributed by atoms with E-state index in [9.17, 15) is 4.79 Å². The lowest BCUT2D eigenvalue weighted by Gasteiger charge is -2.07. The van der Waals surface area contributed by atoms with Gasteiger partial charge in [0, 0.05) is 5.02 Å². The van der Waals surface area contributed by atoms with Crippen molar-refractivity contribution < 1.29 is 19.4 Å². The number of ether oxygens (including phenoxy) is 2. The maximum Gasteiger partial charge on any atom is 0.341 e. The van der Waals surface area contributed by atoms with Crippen molar-refractivity contribution in [3.63, 3.8) is 0 Å². The Morgan fingerprint density at radius 3 is 2.57 bits per heavy atom. The molecule has 0 atom stereocenters. The molecule has 0 amide bonds. The number of carboxylic acid groups (broad SMARTS) is 1. The highest BCUT2D eigenvalue weighted by Crippen LogP contribution is 2.24. The van der Waals surface area contributed by atoms with Crippen LogP contribution in [0, 0.1) is 0 Å². The molecular formula is C16H11ClN2O4. The van der Waals surface area contributed by atoms with Crippen molar-refractivity contribution in [1.82, 2.24) is 9.97 Å². The second kappa shape index (κ2) is 6.50. The Balaban J connectivity index is 1.75. The molecule has 6 nitrogen and oxygen atoms in total. The standard InChI is InChI=1S/C16H11ClN2O4/c17-10-1-6-13-14(7-10)19-15(8-18-13)23-12-4-2-11(3-5-12)22-9-16(20)21/h1-8H,9H2,(H,20,21). The number of carboxylic acids is 1. The van der Waals surface area contributed by atoms with E-state index in [2.05, 4.69) is 9.97 Å². The van der Waals surface area contributed by atoms with Crippen LogP contribution in [0.5, 0.6) is 17.4 Å². The molecule has 0 aliphatic rings. The minimum absolute atomic E-state index is 0.332. The van der Waals surface area contributed by atoms with E-state index in [0.717, 1.165) is 5.52 Å². The van der Waals surface area contributed by atoms with Crippen LogP contribution in [0.25, 0.3) is 11.0 Å². The number of hydrogen-bond donors (Lipinski definition) is 1.